The van der Waals surface area contributed by atoms with Crippen LogP contribution in [0.1, 0.15) is 30.0 Å². The molecule has 0 fully saturated rings. The third-order valence-corrected chi connectivity index (χ3v) is 6.89. The molecule has 6 N–H and O–H groups in total. The summed E-state index contributed by atoms with van der Waals surface area (Å²) in [6, 6.07) is 22.7. The van der Waals surface area contributed by atoms with E-state index in [4.69, 9.17) is 24.3 Å². The van der Waals surface area contributed by atoms with Crippen molar-refractivity contribution in [2.75, 3.05) is 27.2 Å². The summed E-state index contributed by atoms with van der Waals surface area (Å²) >= 11 is 0. The zero-order chi connectivity index (χ0) is 29.2. The van der Waals surface area contributed by atoms with Gasteiger partial charge in [0.1, 0.15) is 23.9 Å². The summed E-state index contributed by atoms with van der Waals surface area (Å²) in [5, 5.41) is 19.4. The van der Waals surface area contributed by atoms with Gasteiger partial charge in [0, 0.05) is 6.54 Å². The minimum atomic E-state index is -5.05. The van der Waals surface area contributed by atoms with Crippen LogP contribution in [0.5, 0.6) is 17.2 Å². The molecule has 3 aromatic rings. The molecule has 212 valence electrons. The minimum absolute atomic E-state index is 0.241. The second-order valence-corrected chi connectivity index (χ2v) is 11.2. The van der Waals surface area contributed by atoms with Crippen LogP contribution in [0.15, 0.2) is 72.8 Å². The lowest BCUT2D eigenvalue weighted by atomic mass is 9.88. The highest BCUT2D eigenvalue weighted by Gasteiger charge is 2.28. The molecule has 39 heavy (non-hydrogen) atoms. The van der Waals surface area contributed by atoms with Crippen LogP contribution in [-0.4, -0.2) is 61.9 Å². The summed E-state index contributed by atoms with van der Waals surface area (Å²) < 4.78 is 28.1. The maximum Gasteiger partial charge on any atom is 0.478 e. The van der Waals surface area contributed by atoms with Crippen molar-refractivity contribution >= 4 is 26.8 Å². The second-order valence-electron chi connectivity index (χ2n) is 8.54. The number of nitrogens with zero attached hydrogens (tertiary/aromatic N) is 1. The number of phenols is 2. The number of allylic oxidation sites excluding steroid dienone is 1. The summed E-state index contributed by atoms with van der Waals surface area (Å²) in [5.74, 6) is 1.33. The fraction of sp³-hybridized carbons (Fsp3) is 0.231. The predicted octanol–water partition coefficient (Wildman–Crippen LogP) is 4.60. The van der Waals surface area contributed by atoms with Crippen molar-refractivity contribution in [1.82, 2.24) is 4.90 Å². The Labute approximate surface area is 227 Å². The lowest BCUT2D eigenvalue weighted by Gasteiger charge is -2.17. The molecule has 0 aliphatic rings. The average molecular weight is 581 g/mol. The molecule has 0 aliphatic carbocycles. The number of phenolic OH excluding ortho intramolecular Hbond substituents is 2. The number of ether oxygens (including phenoxy) is 1. The molecule has 13 heteroatoms. The number of hydrogen-bond acceptors (Lipinski definition) is 7. The smallest absolute Gasteiger partial charge is 0.478 e. The largest absolute Gasteiger partial charge is 0.508 e. The third kappa shape index (κ3) is 11.7. The van der Waals surface area contributed by atoms with E-state index >= 15 is 0 Å². The fourth-order valence-electron chi connectivity index (χ4n) is 3.53. The molecule has 0 saturated heterocycles. The molecule has 0 aliphatic heterocycles. The zero-order valence-electron chi connectivity index (χ0n) is 21.7. The Morgan fingerprint density at radius 3 is 1.49 bits per heavy atom. The molecular formula is C26H33NO10P2. The predicted molar refractivity (Wildman–Crippen MR) is 148 cm³/mol. The van der Waals surface area contributed by atoms with Crippen LogP contribution in [0.3, 0.4) is 0 Å². The van der Waals surface area contributed by atoms with Crippen molar-refractivity contribution in [3.63, 3.8) is 0 Å². The van der Waals surface area contributed by atoms with Gasteiger partial charge in [-0.2, -0.15) is 4.31 Å². The van der Waals surface area contributed by atoms with Gasteiger partial charge in [-0.15, -0.1) is 0 Å². The van der Waals surface area contributed by atoms with Gasteiger partial charge in [0.05, 0.1) is 0 Å². The Balaban J connectivity index is 0.000000510. The maximum absolute atomic E-state index is 9.75. The first kappa shape index (κ1) is 32.2. The van der Waals surface area contributed by atoms with Gasteiger partial charge in [0.2, 0.25) is 0 Å². The standard InChI is InChI=1S/C26H29NO3.H4O7P2/c1-4-25(19-5-11-22(28)12-6-19)26(20-7-13-23(29)14-8-20)21-9-15-24(16-10-21)30-18-17-27(2)3;1-8(2,3)7-9(4,5)6/h5-16,28-29H,4,17-18H2,1-3H3;(H2,1,2,3)(H2,4,5,6). The van der Waals surface area contributed by atoms with Crippen molar-refractivity contribution in [3.05, 3.63) is 89.5 Å². The lowest BCUT2D eigenvalue weighted by molar-refractivity contribution is 0.225. The van der Waals surface area contributed by atoms with E-state index in [0.29, 0.717) is 6.61 Å². The van der Waals surface area contributed by atoms with Gasteiger partial charge in [0.25, 0.3) is 0 Å². The number of benzene rings is 3. The van der Waals surface area contributed by atoms with Gasteiger partial charge in [-0.3, -0.25) is 0 Å². The number of rotatable bonds is 10. The molecule has 0 spiro atoms. The molecule has 0 aromatic heterocycles. The van der Waals surface area contributed by atoms with Gasteiger partial charge >= 0.3 is 15.6 Å². The number of phosphoric acid groups is 2. The van der Waals surface area contributed by atoms with Crippen LogP contribution in [0.2, 0.25) is 0 Å². The zero-order valence-corrected chi connectivity index (χ0v) is 23.5. The normalized spacial score (nSPS) is 12.4. The van der Waals surface area contributed by atoms with Crippen molar-refractivity contribution in [1.29, 1.82) is 0 Å². The Hall–Kier alpha value is -2.98. The van der Waals surface area contributed by atoms with E-state index < -0.39 is 15.6 Å². The summed E-state index contributed by atoms with van der Waals surface area (Å²) in [6.45, 7) is 3.63. The van der Waals surface area contributed by atoms with E-state index in [1.54, 1.807) is 24.3 Å². The quantitative estimate of drug-likeness (QED) is 0.146. The monoisotopic (exact) mass is 581 g/mol. The van der Waals surface area contributed by atoms with E-state index in [1.807, 2.05) is 50.5 Å². The minimum Gasteiger partial charge on any atom is -0.508 e. The highest BCUT2D eigenvalue weighted by atomic mass is 31.3. The van der Waals surface area contributed by atoms with Gasteiger partial charge < -0.3 is 39.4 Å². The topological polar surface area (TPSA) is 177 Å². The summed E-state index contributed by atoms with van der Waals surface area (Å²) in [6.07, 6.45) is 0.821. The van der Waals surface area contributed by atoms with E-state index in [9.17, 15) is 19.3 Å². The van der Waals surface area contributed by atoms with Gasteiger partial charge in [-0.25, -0.2) is 9.13 Å². The van der Waals surface area contributed by atoms with Crippen molar-refractivity contribution < 1.29 is 48.0 Å². The Kier molecular flexibility index (Phi) is 11.9. The lowest BCUT2D eigenvalue weighted by Crippen LogP contribution is -2.19. The summed E-state index contributed by atoms with van der Waals surface area (Å²) in [4.78, 5) is 33.1. The summed E-state index contributed by atoms with van der Waals surface area (Å²) in [5.41, 5.74) is 5.43. The molecule has 3 rings (SSSR count). The molecule has 0 saturated carbocycles. The van der Waals surface area contributed by atoms with Crippen LogP contribution < -0.4 is 4.74 Å². The van der Waals surface area contributed by atoms with Gasteiger partial charge in [-0.1, -0.05) is 43.3 Å². The highest BCUT2D eigenvalue weighted by Crippen LogP contribution is 2.53. The molecule has 3 aromatic carbocycles. The Morgan fingerprint density at radius 2 is 1.13 bits per heavy atom. The van der Waals surface area contributed by atoms with E-state index in [-0.39, 0.29) is 11.5 Å². The SMILES string of the molecule is CCC(=C(c1ccc(O)cc1)c1ccc(OCCN(C)C)cc1)c1ccc(O)cc1.O=P(O)(O)OP(=O)(O)O. The fourth-order valence-corrected chi connectivity index (χ4v) is 4.64. The molecule has 0 bridgehead atoms. The van der Waals surface area contributed by atoms with E-state index in [2.05, 4.69) is 28.3 Å². The van der Waals surface area contributed by atoms with Crippen molar-refractivity contribution in [2.45, 2.75) is 13.3 Å². The average Bonchev–Trinajstić information content (AvgIpc) is 2.82. The molecule has 11 nitrogen and oxygen atoms in total. The van der Waals surface area contributed by atoms with Crippen LogP contribution in [0, 0.1) is 0 Å². The van der Waals surface area contributed by atoms with Crippen LogP contribution in [-0.2, 0) is 13.4 Å². The Bertz CT molecular complexity index is 1290. The molecule has 0 radical (unpaired) electrons. The number of likely N-dealkylation sites (N-methyl/N-ethyl adjacent to an activating group) is 1. The van der Waals surface area contributed by atoms with Crippen LogP contribution in [0.4, 0.5) is 0 Å². The number of aromatic hydroxyl groups is 2. The van der Waals surface area contributed by atoms with Crippen molar-refractivity contribution in [2.24, 2.45) is 0 Å². The number of hydrogen-bond donors (Lipinski definition) is 6. The highest BCUT2D eigenvalue weighted by molar-refractivity contribution is 7.60. The second kappa shape index (κ2) is 14.4. The molecular weight excluding hydrogens is 548 g/mol. The van der Waals surface area contributed by atoms with Gasteiger partial charge in [0.15, 0.2) is 0 Å². The van der Waals surface area contributed by atoms with E-state index in [0.717, 1.165) is 41.0 Å². The van der Waals surface area contributed by atoms with Crippen LogP contribution >= 0.6 is 15.6 Å². The third-order valence-electron chi connectivity index (χ3n) is 5.19. The van der Waals surface area contributed by atoms with Gasteiger partial charge in [-0.05, 0) is 84.8 Å². The molecule has 0 amide bonds. The van der Waals surface area contributed by atoms with Crippen LogP contribution in [0.25, 0.3) is 11.1 Å². The van der Waals surface area contributed by atoms with E-state index in [1.165, 1.54) is 5.57 Å². The first-order valence-corrected chi connectivity index (χ1v) is 14.8. The Morgan fingerprint density at radius 1 is 0.718 bits per heavy atom. The molecule has 0 atom stereocenters. The maximum atomic E-state index is 9.75. The van der Waals surface area contributed by atoms with Crippen molar-refractivity contribution in [3.8, 4) is 17.2 Å². The molecule has 0 heterocycles. The first-order valence-electron chi connectivity index (χ1n) is 11.7. The molecule has 0 unspecified atom stereocenters. The first-order chi connectivity index (χ1) is 18.2. The summed E-state index contributed by atoms with van der Waals surface area (Å²) in [7, 11) is -6.05.